The summed E-state index contributed by atoms with van der Waals surface area (Å²) in [6.45, 7) is 3.07. The smallest absolute Gasteiger partial charge is 0.322 e. The summed E-state index contributed by atoms with van der Waals surface area (Å²) in [7, 11) is 0. The minimum atomic E-state index is -0.294. The van der Waals surface area contributed by atoms with Crippen molar-refractivity contribution in [3.8, 4) is 5.69 Å². The minimum Gasteiger partial charge on any atom is -0.368 e. The van der Waals surface area contributed by atoms with Crippen LogP contribution in [0, 0.1) is 0 Å². The van der Waals surface area contributed by atoms with E-state index in [2.05, 4.69) is 15.3 Å². The average molecular weight is 474 g/mol. The number of carbonyl (C=O) groups is 2. The van der Waals surface area contributed by atoms with Crippen LogP contribution in [0.2, 0.25) is 0 Å². The first kappa shape index (κ1) is 22.8. The Hall–Kier alpha value is -4.02. The highest BCUT2D eigenvalue weighted by molar-refractivity contribution is 6.04. The number of aromatic nitrogens is 4. The molecule has 1 aliphatic rings. The fraction of sp³-hybridized carbons (Fsp3) is 0.280. The largest absolute Gasteiger partial charge is 0.368 e. The zero-order chi connectivity index (χ0) is 24.4. The Labute approximate surface area is 202 Å². The number of amides is 1. The molecule has 1 amide bonds. The molecule has 0 unspecified atom stereocenters. The van der Waals surface area contributed by atoms with E-state index in [9.17, 15) is 9.59 Å². The lowest BCUT2D eigenvalue weighted by atomic mass is 9.95. The molecular weight excluding hydrogens is 446 g/mol. The van der Waals surface area contributed by atoms with E-state index in [1.807, 2.05) is 47.2 Å². The number of piperidine rings is 1. The van der Waals surface area contributed by atoms with E-state index < -0.39 is 0 Å². The zero-order valence-corrected chi connectivity index (χ0v) is 19.4. The molecule has 0 bridgehead atoms. The summed E-state index contributed by atoms with van der Waals surface area (Å²) < 4.78 is 3.69. The number of pyridine rings is 1. The van der Waals surface area contributed by atoms with E-state index in [4.69, 9.17) is 10.6 Å². The van der Waals surface area contributed by atoms with Gasteiger partial charge < -0.3 is 20.5 Å². The van der Waals surface area contributed by atoms with Gasteiger partial charge in [-0.3, -0.25) is 14.0 Å². The van der Waals surface area contributed by atoms with Crippen molar-refractivity contribution in [1.29, 1.82) is 0 Å². The minimum absolute atomic E-state index is 0.263. The Morgan fingerprint density at radius 2 is 2.00 bits per heavy atom. The van der Waals surface area contributed by atoms with Crippen LogP contribution < -0.4 is 11.1 Å². The lowest BCUT2D eigenvalue weighted by molar-refractivity contribution is -0.192. The molecular formula is C25H27N7O3. The van der Waals surface area contributed by atoms with Crippen LogP contribution in [0.25, 0.3) is 11.3 Å². The Kier molecular flexibility index (Phi) is 6.30. The zero-order valence-electron chi connectivity index (χ0n) is 19.4. The van der Waals surface area contributed by atoms with Crippen LogP contribution in [-0.4, -0.2) is 49.0 Å². The molecule has 1 saturated heterocycles. The van der Waals surface area contributed by atoms with Crippen LogP contribution in [0.15, 0.2) is 61.3 Å². The highest BCUT2D eigenvalue weighted by Gasteiger charge is 2.24. The van der Waals surface area contributed by atoms with Crippen molar-refractivity contribution in [3.63, 3.8) is 0 Å². The van der Waals surface area contributed by atoms with E-state index in [1.165, 1.54) is 6.92 Å². The molecule has 0 radical (unpaired) electrons. The average Bonchev–Trinajstić information content (AvgIpc) is 3.52. The van der Waals surface area contributed by atoms with E-state index in [0.29, 0.717) is 42.6 Å². The van der Waals surface area contributed by atoms with Crippen molar-refractivity contribution >= 4 is 23.2 Å². The number of anilines is 1. The Morgan fingerprint density at radius 3 is 2.77 bits per heavy atom. The van der Waals surface area contributed by atoms with Gasteiger partial charge in [0.15, 0.2) is 0 Å². The Bertz CT molecular complexity index is 1370. The maximum atomic E-state index is 13.0. The fourth-order valence-corrected chi connectivity index (χ4v) is 4.42. The maximum absolute atomic E-state index is 13.0. The van der Waals surface area contributed by atoms with Gasteiger partial charge in [-0.15, -0.1) is 5.06 Å². The first-order chi connectivity index (χ1) is 17.0. The monoisotopic (exact) mass is 473 g/mol. The SMILES string of the molecule is CC(=O)ON1CCC(c2cn(-c3ccc(CN)c(NC(=O)c4cnc5ccccn45)c3)cn2)CC1. The summed E-state index contributed by atoms with van der Waals surface area (Å²) in [5, 5.41) is 4.70. The molecule has 4 heterocycles. The molecule has 35 heavy (non-hydrogen) atoms. The van der Waals surface area contributed by atoms with Crippen LogP contribution >= 0.6 is 0 Å². The van der Waals surface area contributed by atoms with Crippen LogP contribution in [-0.2, 0) is 16.2 Å². The Balaban J connectivity index is 1.33. The van der Waals surface area contributed by atoms with Gasteiger partial charge in [0.05, 0.1) is 18.2 Å². The maximum Gasteiger partial charge on any atom is 0.322 e. The molecule has 1 aliphatic heterocycles. The number of nitrogens with zero attached hydrogens (tertiary/aromatic N) is 5. The topological polar surface area (TPSA) is 120 Å². The highest BCUT2D eigenvalue weighted by Crippen LogP contribution is 2.28. The van der Waals surface area contributed by atoms with Crippen molar-refractivity contribution in [3.05, 3.63) is 78.3 Å². The van der Waals surface area contributed by atoms with Gasteiger partial charge in [-0.05, 0) is 42.7 Å². The third kappa shape index (κ3) is 4.79. The molecule has 4 aromatic rings. The van der Waals surface area contributed by atoms with Crippen molar-refractivity contribution < 1.29 is 14.4 Å². The summed E-state index contributed by atoms with van der Waals surface area (Å²) >= 11 is 0. The summed E-state index contributed by atoms with van der Waals surface area (Å²) in [4.78, 5) is 38.3. The molecule has 3 N–H and O–H groups in total. The Morgan fingerprint density at radius 1 is 1.17 bits per heavy atom. The fourth-order valence-electron chi connectivity index (χ4n) is 4.42. The van der Waals surface area contributed by atoms with Crippen molar-refractivity contribution in [2.75, 3.05) is 18.4 Å². The first-order valence-electron chi connectivity index (χ1n) is 11.6. The quantitative estimate of drug-likeness (QED) is 0.442. The van der Waals surface area contributed by atoms with Gasteiger partial charge >= 0.3 is 5.97 Å². The van der Waals surface area contributed by atoms with Crippen molar-refractivity contribution in [2.24, 2.45) is 5.73 Å². The first-order valence-corrected chi connectivity index (χ1v) is 11.6. The van der Waals surface area contributed by atoms with Crippen LogP contribution in [0.1, 0.15) is 47.4 Å². The molecule has 5 rings (SSSR count). The lowest BCUT2D eigenvalue weighted by Crippen LogP contribution is -2.34. The number of imidazole rings is 2. The predicted molar refractivity (Wildman–Crippen MR) is 130 cm³/mol. The second kappa shape index (κ2) is 9.69. The summed E-state index contributed by atoms with van der Waals surface area (Å²) in [6, 6.07) is 11.4. The number of carbonyl (C=O) groups excluding carboxylic acids is 2. The standard InChI is InChI=1S/C25H27N7O3/c1-17(33)35-31-10-7-18(8-11-31)22-15-30(16-28-22)20-6-5-19(13-26)21(12-20)29-25(34)23-14-27-24-4-2-3-9-32(23)24/h2-6,9,12,14-16,18H,7-8,10-11,13,26H2,1H3,(H,29,34). The van der Waals surface area contributed by atoms with Gasteiger partial charge in [-0.2, -0.15) is 0 Å². The number of nitrogens with one attached hydrogen (secondary N) is 1. The predicted octanol–water partition coefficient (Wildman–Crippen LogP) is 2.89. The van der Waals surface area contributed by atoms with Gasteiger partial charge in [-0.25, -0.2) is 9.97 Å². The molecule has 10 heteroatoms. The van der Waals surface area contributed by atoms with Gasteiger partial charge in [0.2, 0.25) is 0 Å². The molecule has 1 fully saturated rings. The molecule has 3 aromatic heterocycles. The molecule has 0 spiro atoms. The van der Waals surface area contributed by atoms with E-state index in [1.54, 1.807) is 28.2 Å². The number of benzene rings is 1. The molecule has 0 aliphatic carbocycles. The molecule has 180 valence electrons. The lowest BCUT2D eigenvalue weighted by Gasteiger charge is -2.29. The number of rotatable bonds is 6. The van der Waals surface area contributed by atoms with Crippen LogP contribution in [0.3, 0.4) is 0 Å². The number of hydrogen-bond donors (Lipinski definition) is 2. The third-order valence-electron chi connectivity index (χ3n) is 6.24. The second-order valence-electron chi connectivity index (χ2n) is 8.56. The summed E-state index contributed by atoms with van der Waals surface area (Å²) in [5.74, 6) is -0.264. The summed E-state index contributed by atoms with van der Waals surface area (Å²) in [5.41, 5.74) is 10.4. The summed E-state index contributed by atoms with van der Waals surface area (Å²) in [6.07, 6.45) is 8.88. The second-order valence-corrected chi connectivity index (χ2v) is 8.56. The normalized spacial score (nSPS) is 14.8. The number of hydroxylamine groups is 2. The van der Waals surface area contributed by atoms with Crippen molar-refractivity contribution in [1.82, 2.24) is 24.0 Å². The molecule has 1 aromatic carbocycles. The number of hydrogen-bond acceptors (Lipinski definition) is 7. The van der Waals surface area contributed by atoms with E-state index in [-0.39, 0.29) is 11.9 Å². The van der Waals surface area contributed by atoms with Gasteiger partial charge in [0.25, 0.3) is 5.91 Å². The van der Waals surface area contributed by atoms with Gasteiger partial charge in [0, 0.05) is 56.2 Å². The molecule has 0 saturated carbocycles. The van der Waals surface area contributed by atoms with Crippen LogP contribution in [0.4, 0.5) is 5.69 Å². The van der Waals surface area contributed by atoms with Gasteiger partial charge in [-0.1, -0.05) is 12.1 Å². The number of nitrogens with two attached hydrogens (primary N) is 1. The highest BCUT2D eigenvalue weighted by atomic mass is 16.7. The molecule has 0 atom stereocenters. The third-order valence-corrected chi connectivity index (χ3v) is 6.24. The van der Waals surface area contributed by atoms with E-state index >= 15 is 0 Å². The van der Waals surface area contributed by atoms with Crippen LogP contribution in [0.5, 0.6) is 0 Å². The van der Waals surface area contributed by atoms with Gasteiger partial charge in [0.1, 0.15) is 11.3 Å². The van der Waals surface area contributed by atoms with Crippen molar-refractivity contribution in [2.45, 2.75) is 32.2 Å². The number of fused-ring (bicyclic) bond motifs is 1. The van der Waals surface area contributed by atoms with E-state index in [0.717, 1.165) is 29.8 Å². The molecule has 10 nitrogen and oxygen atoms in total.